The van der Waals surface area contributed by atoms with Crippen LogP contribution in [0.5, 0.6) is 0 Å². The molecule has 0 fully saturated rings. The van der Waals surface area contributed by atoms with Gasteiger partial charge >= 0.3 is 11.7 Å². The topological polar surface area (TPSA) is 137 Å². The Bertz CT molecular complexity index is 870. The van der Waals surface area contributed by atoms with Crippen molar-refractivity contribution in [2.45, 2.75) is 19.9 Å². The Kier molecular flexibility index (Phi) is 5.25. The summed E-state index contributed by atoms with van der Waals surface area (Å²) in [6, 6.07) is 4.64. The molecule has 0 atom stereocenters. The van der Waals surface area contributed by atoms with Crippen LogP contribution in [0.1, 0.15) is 34.2 Å². The number of aromatic amines is 1. The zero-order valence-corrected chi connectivity index (χ0v) is 12.9. The molecule has 0 aromatic carbocycles. The summed E-state index contributed by atoms with van der Waals surface area (Å²) in [5, 5.41) is 0. The Morgan fingerprint density at radius 3 is 2.71 bits per heavy atom. The molecule has 0 saturated carbocycles. The highest BCUT2D eigenvalue weighted by Crippen LogP contribution is 2.07. The maximum atomic E-state index is 12.2. The Hall–Kier alpha value is -3.23. The number of nitrogens with two attached hydrogens (primary N) is 1. The summed E-state index contributed by atoms with van der Waals surface area (Å²) in [4.78, 5) is 53.3. The van der Waals surface area contributed by atoms with Gasteiger partial charge in [-0.15, -0.1) is 0 Å². The molecule has 9 nitrogen and oxygen atoms in total. The summed E-state index contributed by atoms with van der Waals surface area (Å²) in [7, 11) is 0. The number of esters is 1. The maximum absolute atomic E-state index is 12.2. The molecular weight excluding hydrogens is 316 g/mol. The number of ether oxygens (including phenoxy) is 1. The highest BCUT2D eigenvalue weighted by atomic mass is 16.5. The van der Waals surface area contributed by atoms with Gasteiger partial charge in [-0.2, -0.15) is 0 Å². The smallest absolute Gasteiger partial charge is 0.357 e. The Labute approximate surface area is 136 Å². The average molecular weight is 332 g/mol. The lowest BCUT2D eigenvalue weighted by molar-refractivity contribution is 0.0468. The van der Waals surface area contributed by atoms with Crippen molar-refractivity contribution in [2.75, 3.05) is 12.3 Å². The molecule has 0 aliphatic heterocycles. The predicted molar refractivity (Wildman–Crippen MR) is 84.9 cm³/mol. The molecule has 2 rings (SSSR count). The number of hydrogen-bond donors (Lipinski definition) is 2. The van der Waals surface area contributed by atoms with E-state index in [0.717, 1.165) is 4.57 Å². The molecule has 0 unspecified atom stereocenters. The van der Waals surface area contributed by atoms with E-state index in [-0.39, 0.29) is 18.1 Å². The molecule has 0 bridgehead atoms. The molecule has 2 heterocycles. The van der Waals surface area contributed by atoms with Gasteiger partial charge in [0.2, 0.25) is 5.78 Å². The number of nitrogens with one attached hydrogen (secondary N) is 1. The van der Waals surface area contributed by atoms with E-state index in [1.54, 1.807) is 12.1 Å². The van der Waals surface area contributed by atoms with Gasteiger partial charge in [0.1, 0.15) is 17.1 Å². The predicted octanol–water partition coefficient (Wildman–Crippen LogP) is -0.0365. The van der Waals surface area contributed by atoms with Crippen molar-refractivity contribution in [2.24, 2.45) is 0 Å². The highest BCUT2D eigenvalue weighted by molar-refractivity contribution is 6.02. The largest absolute Gasteiger partial charge is 0.453 e. The van der Waals surface area contributed by atoms with Crippen molar-refractivity contribution in [1.29, 1.82) is 0 Å². The summed E-state index contributed by atoms with van der Waals surface area (Å²) >= 11 is 0. The van der Waals surface area contributed by atoms with Crippen LogP contribution in [-0.2, 0) is 11.3 Å². The van der Waals surface area contributed by atoms with Crippen molar-refractivity contribution in [3.8, 4) is 0 Å². The molecule has 9 heteroatoms. The number of hydrogen-bond acceptors (Lipinski definition) is 7. The van der Waals surface area contributed by atoms with E-state index >= 15 is 0 Å². The van der Waals surface area contributed by atoms with Gasteiger partial charge in [0, 0.05) is 12.7 Å². The van der Waals surface area contributed by atoms with Gasteiger partial charge in [-0.1, -0.05) is 13.0 Å². The Morgan fingerprint density at radius 2 is 2.08 bits per heavy atom. The lowest BCUT2D eigenvalue weighted by Crippen LogP contribution is -2.37. The van der Waals surface area contributed by atoms with Crippen molar-refractivity contribution in [3.05, 3.63) is 56.5 Å². The van der Waals surface area contributed by atoms with Gasteiger partial charge < -0.3 is 10.5 Å². The van der Waals surface area contributed by atoms with Gasteiger partial charge in [-0.3, -0.25) is 19.1 Å². The molecule has 0 aliphatic rings. The molecule has 0 aliphatic carbocycles. The Morgan fingerprint density at radius 1 is 1.33 bits per heavy atom. The number of Topliss-reactive ketones (excluding diaryl/α,β-unsaturated/α-hetero) is 1. The fourth-order valence-electron chi connectivity index (χ4n) is 2.06. The van der Waals surface area contributed by atoms with Gasteiger partial charge in [0.15, 0.2) is 6.61 Å². The third kappa shape index (κ3) is 3.57. The first kappa shape index (κ1) is 17.1. The van der Waals surface area contributed by atoms with E-state index in [4.69, 9.17) is 10.5 Å². The monoisotopic (exact) mass is 332 g/mol. The third-order valence-corrected chi connectivity index (χ3v) is 3.17. The second kappa shape index (κ2) is 7.36. The number of nitrogens with zero attached hydrogens (tertiary/aromatic N) is 2. The van der Waals surface area contributed by atoms with Crippen LogP contribution in [0, 0.1) is 0 Å². The minimum absolute atomic E-state index is 0.0307. The summed E-state index contributed by atoms with van der Waals surface area (Å²) in [6.45, 7) is 1.37. The quantitative estimate of drug-likeness (QED) is 0.559. The fraction of sp³-hybridized carbons (Fsp3) is 0.267. The second-order valence-corrected chi connectivity index (χ2v) is 4.89. The van der Waals surface area contributed by atoms with E-state index in [9.17, 15) is 19.2 Å². The molecular formula is C15H16N4O5. The first-order valence-corrected chi connectivity index (χ1v) is 7.19. The van der Waals surface area contributed by atoms with Crippen molar-refractivity contribution in [1.82, 2.24) is 14.5 Å². The first-order chi connectivity index (χ1) is 11.5. The normalized spacial score (nSPS) is 10.4. The number of anilines is 1. The molecule has 2 aromatic rings. The number of pyridine rings is 1. The standard InChI is InChI=1S/C15H16N4O5/c1-2-7-19-12(16)11(13(21)18-15(19)23)10(20)8-24-14(22)9-5-3-4-6-17-9/h3-6H,2,7-8,16H2,1H3,(H,18,21,23). The molecule has 3 N–H and O–H groups in total. The number of carbonyl (C=O) groups is 2. The summed E-state index contributed by atoms with van der Waals surface area (Å²) in [5.41, 5.74) is 3.78. The highest BCUT2D eigenvalue weighted by Gasteiger charge is 2.21. The number of aromatic nitrogens is 3. The fourth-order valence-corrected chi connectivity index (χ4v) is 2.06. The summed E-state index contributed by atoms with van der Waals surface area (Å²) in [6.07, 6.45) is 1.99. The minimum Gasteiger partial charge on any atom is -0.453 e. The summed E-state index contributed by atoms with van der Waals surface area (Å²) < 4.78 is 5.93. The summed E-state index contributed by atoms with van der Waals surface area (Å²) in [5.74, 6) is -1.85. The Balaban J connectivity index is 2.21. The van der Waals surface area contributed by atoms with Gasteiger partial charge in [0.05, 0.1) is 0 Å². The van der Waals surface area contributed by atoms with Crippen molar-refractivity contribution in [3.63, 3.8) is 0 Å². The maximum Gasteiger partial charge on any atom is 0.357 e. The molecule has 0 amide bonds. The molecule has 2 aromatic heterocycles. The number of nitrogen functional groups attached to an aromatic ring is 1. The van der Waals surface area contributed by atoms with E-state index in [0.29, 0.717) is 6.42 Å². The molecule has 126 valence electrons. The van der Waals surface area contributed by atoms with Gasteiger partial charge in [-0.05, 0) is 18.6 Å². The van der Waals surface area contributed by atoms with Crippen LogP contribution < -0.4 is 17.0 Å². The van der Waals surface area contributed by atoms with Crippen LogP contribution in [0.3, 0.4) is 0 Å². The van der Waals surface area contributed by atoms with E-state index in [1.807, 2.05) is 11.9 Å². The number of ketones is 1. The van der Waals surface area contributed by atoms with Crippen molar-refractivity contribution < 1.29 is 14.3 Å². The van der Waals surface area contributed by atoms with Crippen LogP contribution in [0.2, 0.25) is 0 Å². The lowest BCUT2D eigenvalue weighted by Gasteiger charge is -2.11. The average Bonchev–Trinajstić information content (AvgIpc) is 2.57. The zero-order chi connectivity index (χ0) is 17.7. The SMILES string of the molecule is CCCn1c(N)c(C(=O)COC(=O)c2ccccn2)c(=O)[nH]c1=O. The zero-order valence-electron chi connectivity index (χ0n) is 12.9. The number of rotatable bonds is 6. The van der Waals surface area contributed by atoms with Crippen LogP contribution in [0.4, 0.5) is 5.82 Å². The first-order valence-electron chi connectivity index (χ1n) is 7.19. The number of H-pyrrole nitrogens is 1. The molecule has 0 saturated heterocycles. The van der Waals surface area contributed by atoms with Crippen LogP contribution in [0.25, 0.3) is 0 Å². The van der Waals surface area contributed by atoms with Gasteiger partial charge in [0.25, 0.3) is 5.56 Å². The van der Waals surface area contributed by atoms with Crippen LogP contribution in [-0.4, -0.2) is 32.9 Å². The van der Waals surface area contributed by atoms with E-state index in [2.05, 4.69) is 4.98 Å². The molecule has 0 radical (unpaired) electrons. The van der Waals surface area contributed by atoms with Crippen molar-refractivity contribution >= 4 is 17.6 Å². The van der Waals surface area contributed by atoms with Crippen LogP contribution in [0.15, 0.2) is 34.0 Å². The minimum atomic E-state index is -0.913. The van der Waals surface area contributed by atoms with E-state index in [1.165, 1.54) is 12.3 Å². The third-order valence-electron chi connectivity index (χ3n) is 3.17. The molecule has 0 spiro atoms. The molecule has 24 heavy (non-hydrogen) atoms. The number of carbonyl (C=O) groups excluding carboxylic acids is 2. The van der Waals surface area contributed by atoms with E-state index < -0.39 is 35.2 Å². The van der Waals surface area contributed by atoms with Crippen LogP contribution >= 0.6 is 0 Å². The lowest BCUT2D eigenvalue weighted by atomic mass is 10.2. The second-order valence-electron chi connectivity index (χ2n) is 4.89. The van der Waals surface area contributed by atoms with Gasteiger partial charge in [-0.25, -0.2) is 14.6 Å².